The van der Waals surface area contributed by atoms with Crippen molar-refractivity contribution in [3.05, 3.63) is 90.4 Å². The number of H-pyrrole nitrogens is 1. The van der Waals surface area contributed by atoms with Crippen LogP contribution >= 0.6 is 0 Å². The molecule has 0 fully saturated rings. The fraction of sp³-hybridized carbons (Fsp3) is 0.160. The molecule has 0 radical (unpaired) electrons. The fourth-order valence-corrected chi connectivity index (χ4v) is 3.62. The maximum absolute atomic E-state index is 10.6. The number of rotatable bonds is 5. The molecule has 0 aliphatic rings. The number of nitrogens with one attached hydrogen (secondary N) is 2. The zero-order valence-electron chi connectivity index (χ0n) is 18.6. The highest BCUT2D eigenvalue weighted by Crippen LogP contribution is 2.22. The minimum absolute atomic E-state index is 0.185. The van der Waals surface area contributed by atoms with Crippen LogP contribution < -0.4 is 5.32 Å². The van der Waals surface area contributed by atoms with Crippen LogP contribution in [0.4, 0.5) is 13.2 Å². The number of hydrogen-bond donors (Lipinski definition) is 3. The Balaban J connectivity index is 0.000000364. The maximum atomic E-state index is 10.6. The van der Waals surface area contributed by atoms with Crippen molar-refractivity contribution in [2.45, 2.75) is 25.7 Å². The van der Waals surface area contributed by atoms with Gasteiger partial charge in [-0.3, -0.25) is 9.67 Å². The fourth-order valence-electron chi connectivity index (χ4n) is 3.62. The smallest absolute Gasteiger partial charge is 0.475 e. The third-order valence-corrected chi connectivity index (χ3v) is 5.45. The summed E-state index contributed by atoms with van der Waals surface area (Å²) in [6.07, 6.45) is -3.21. The number of carbonyl (C=O) groups is 1. The standard InChI is InChI=1S/C23H21N5.C2HF3O2/c1-16(23-19-6-2-3-7-20(19)26-27-23)24-14-17-10-12-18(13-11-17)28-15-25-21-8-4-5-9-22(21)28;3-2(4,5)1(6)7/h2-13,15-16,24H,14H2,1H3,(H,26,27);(H,6,7). The Kier molecular flexibility index (Phi) is 6.83. The van der Waals surface area contributed by atoms with Crippen molar-refractivity contribution in [3.63, 3.8) is 0 Å². The number of carboxylic acid groups (broad SMARTS) is 1. The Labute approximate surface area is 198 Å². The van der Waals surface area contributed by atoms with E-state index in [9.17, 15) is 13.2 Å². The molecule has 0 spiro atoms. The number of halogens is 3. The van der Waals surface area contributed by atoms with Gasteiger partial charge in [-0.05, 0) is 42.8 Å². The molecule has 0 amide bonds. The first-order valence-corrected chi connectivity index (χ1v) is 10.7. The van der Waals surface area contributed by atoms with E-state index in [2.05, 4.69) is 68.4 Å². The average Bonchev–Trinajstić information content (AvgIpc) is 3.47. The van der Waals surface area contributed by atoms with E-state index < -0.39 is 12.1 Å². The van der Waals surface area contributed by atoms with E-state index in [-0.39, 0.29) is 6.04 Å². The highest BCUT2D eigenvalue weighted by atomic mass is 19.4. The van der Waals surface area contributed by atoms with Gasteiger partial charge in [0.15, 0.2) is 0 Å². The Morgan fingerprint density at radius 3 is 2.34 bits per heavy atom. The van der Waals surface area contributed by atoms with E-state index in [1.165, 1.54) is 10.9 Å². The van der Waals surface area contributed by atoms with E-state index >= 15 is 0 Å². The molecule has 1 unspecified atom stereocenters. The molecule has 35 heavy (non-hydrogen) atoms. The molecular weight excluding hydrogens is 459 g/mol. The van der Waals surface area contributed by atoms with Crippen LogP contribution in [0.25, 0.3) is 27.6 Å². The number of nitrogens with zero attached hydrogens (tertiary/aromatic N) is 3. The average molecular weight is 481 g/mol. The summed E-state index contributed by atoms with van der Waals surface area (Å²) < 4.78 is 33.9. The summed E-state index contributed by atoms with van der Waals surface area (Å²) in [6.45, 7) is 2.95. The van der Waals surface area contributed by atoms with E-state index in [0.29, 0.717) is 0 Å². The van der Waals surface area contributed by atoms with Crippen LogP contribution in [0.15, 0.2) is 79.1 Å². The minimum atomic E-state index is -5.08. The second-order valence-corrected chi connectivity index (χ2v) is 7.83. The van der Waals surface area contributed by atoms with Gasteiger partial charge in [0, 0.05) is 23.7 Å². The summed E-state index contributed by atoms with van der Waals surface area (Å²) in [5.41, 5.74) is 6.61. The molecular formula is C25H22F3N5O2. The van der Waals surface area contributed by atoms with E-state index in [1.807, 2.05) is 42.7 Å². The van der Waals surface area contributed by atoms with Crippen LogP contribution in [0.3, 0.4) is 0 Å². The number of imidazole rings is 1. The molecule has 3 N–H and O–H groups in total. The quantitative estimate of drug-likeness (QED) is 0.313. The third-order valence-electron chi connectivity index (χ3n) is 5.45. The van der Waals surface area contributed by atoms with E-state index in [0.717, 1.165) is 34.5 Å². The molecule has 0 bridgehead atoms. The Bertz CT molecular complexity index is 1440. The van der Waals surface area contributed by atoms with Crippen molar-refractivity contribution < 1.29 is 23.1 Å². The lowest BCUT2D eigenvalue weighted by Crippen LogP contribution is -2.21. The van der Waals surface area contributed by atoms with Gasteiger partial charge < -0.3 is 10.4 Å². The molecule has 2 heterocycles. The molecule has 0 saturated heterocycles. The molecule has 1 atom stereocenters. The van der Waals surface area contributed by atoms with Gasteiger partial charge in [-0.15, -0.1) is 0 Å². The van der Waals surface area contributed by atoms with Gasteiger partial charge in [0.05, 0.1) is 22.2 Å². The van der Waals surface area contributed by atoms with Crippen LogP contribution in [0.5, 0.6) is 0 Å². The SMILES string of the molecule is CC(NCc1ccc(-n2cnc3ccccc32)cc1)c1[nH]nc2ccccc12.O=C(O)C(F)(F)F. The lowest BCUT2D eigenvalue weighted by molar-refractivity contribution is -0.192. The van der Waals surface area contributed by atoms with Gasteiger partial charge in [-0.1, -0.05) is 42.5 Å². The van der Waals surface area contributed by atoms with Gasteiger partial charge in [-0.25, -0.2) is 9.78 Å². The van der Waals surface area contributed by atoms with Crippen molar-refractivity contribution in [1.29, 1.82) is 0 Å². The molecule has 0 saturated carbocycles. The predicted molar refractivity (Wildman–Crippen MR) is 126 cm³/mol. The molecule has 0 aliphatic heterocycles. The van der Waals surface area contributed by atoms with Crippen LogP contribution in [0.2, 0.25) is 0 Å². The molecule has 180 valence electrons. The monoisotopic (exact) mass is 481 g/mol. The highest BCUT2D eigenvalue weighted by molar-refractivity contribution is 5.81. The number of hydrogen-bond acceptors (Lipinski definition) is 4. The van der Waals surface area contributed by atoms with Crippen LogP contribution in [0, 0.1) is 0 Å². The number of alkyl halides is 3. The first-order chi connectivity index (χ1) is 16.7. The maximum Gasteiger partial charge on any atom is 0.490 e. The number of carboxylic acids is 1. The van der Waals surface area contributed by atoms with Crippen LogP contribution in [-0.2, 0) is 11.3 Å². The lowest BCUT2D eigenvalue weighted by atomic mass is 10.1. The minimum Gasteiger partial charge on any atom is -0.475 e. The zero-order chi connectivity index (χ0) is 25.0. The number of aromatic amines is 1. The number of aromatic nitrogens is 4. The molecule has 5 rings (SSSR count). The third kappa shape index (κ3) is 5.49. The lowest BCUT2D eigenvalue weighted by Gasteiger charge is -2.13. The summed E-state index contributed by atoms with van der Waals surface area (Å²) in [5.74, 6) is -2.76. The van der Waals surface area contributed by atoms with E-state index in [4.69, 9.17) is 9.90 Å². The number of aliphatic carboxylic acids is 1. The summed E-state index contributed by atoms with van der Waals surface area (Å²) in [6, 6.07) is 25.2. The number of fused-ring (bicyclic) bond motifs is 2. The molecule has 5 aromatic rings. The number of benzene rings is 3. The first-order valence-electron chi connectivity index (χ1n) is 10.7. The summed E-state index contributed by atoms with van der Waals surface area (Å²) in [4.78, 5) is 13.4. The van der Waals surface area contributed by atoms with Gasteiger partial charge in [-0.2, -0.15) is 18.3 Å². The van der Waals surface area contributed by atoms with Gasteiger partial charge in [0.2, 0.25) is 0 Å². The van der Waals surface area contributed by atoms with Crippen molar-refractivity contribution in [3.8, 4) is 5.69 Å². The van der Waals surface area contributed by atoms with Gasteiger partial charge >= 0.3 is 12.1 Å². The highest BCUT2D eigenvalue weighted by Gasteiger charge is 2.38. The molecule has 2 aromatic heterocycles. The van der Waals surface area contributed by atoms with Crippen molar-refractivity contribution in [1.82, 2.24) is 25.1 Å². The molecule has 7 nitrogen and oxygen atoms in total. The second-order valence-electron chi connectivity index (χ2n) is 7.83. The summed E-state index contributed by atoms with van der Waals surface area (Å²) >= 11 is 0. The molecule has 0 aliphatic carbocycles. The van der Waals surface area contributed by atoms with Crippen molar-refractivity contribution >= 4 is 27.9 Å². The van der Waals surface area contributed by atoms with Crippen molar-refractivity contribution in [2.75, 3.05) is 0 Å². The first kappa shape index (κ1) is 24.0. The second kappa shape index (κ2) is 9.98. The van der Waals surface area contributed by atoms with Crippen molar-refractivity contribution in [2.24, 2.45) is 0 Å². The zero-order valence-corrected chi connectivity index (χ0v) is 18.6. The molecule has 3 aromatic carbocycles. The van der Waals surface area contributed by atoms with Gasteiger partial charge in [0.1, 0.15) is 6.33 Å². The Morgan fingerprint density at radius 1 is 1.03 bits per heavy atom. The van der Waals surface area contributed by atoms with E-state index in [1.54, 1.807) is 0 Å². The number of para-hydroxylation sites is 3. The van der Waals surface area contributed by atoms with Crippen LogP contribution in [-0.4, -0.2) is 37.0 Å². The molecule has 10 heteroatoms. The Morgan fingerprint density at radius 2 is 1.66 bits per heavy atom. The topological polar surface area (TPSA) is 95.8 Å². The van der Waals surface area contributed by atoms with Gasteiger partial charge in [0.25, 0.3) is 0 Å². The summed E-state index contributed by atoms with van der Waals surface area (Å²) in [5, 5.41) is 19.4. The Hall–Kier alpha value is -4.18. The normalized spacial score (nSPS) is 12.3. The predicted octanol–water partition coefficient (Wildman–Crippen LogP) is 5.39. The van der Waals surface area contributed by atoms with Crippen LogP contribution in [0.1, 0.15) is 24.2 Å². The largest absolute Gasteiger partial charge is 0.490 e. The summed E-state index contributed by atoms with van der Waals surface area (Å²) in [7, 11) is 0.